The molecule has 0 radical (unpaired) electrons. The van der Waals surface area contributed by atoms with Crippen LogP contribution in [0.2, 0.25) is 0 Å². The van der Waals surface area contributed by atoms with Crippen LogP contribution in [0.3, 0.4) is 0 Å². The number of rotatable bonds is 4. The van der Waals surface area contributed by atoms with Crippen molar-refractivity contribution in [2.75, 3.05) is 0 Å². The van der Waals surface area contributed by atoms with Crippen molar-refractivity contribution in [3.8, 4) is 0 Å². The van der Waals surface area contributed by atoms with E-state index in [1.54, 1.807) is 0 Å². The van der Waals surface area contributed by atoms with Gasteiger partial charge in [0.25, 0.3) is 0 Å². The summed E-state index contributed by atoms with van der Waals surface area (Å²) in [7, 11) is 0. The maximum absolute atomic E-state index is 6.41. The summed E-state index contributed by atoms with van der Waals surface area (Å²) in [4.78, 5) is 4.85. The fraction of sp³-hybridized carbons (Fsp3) is 0.0455. The number of aryl methyl sites for hydroxylation is 1. The van der Waals surface area contributed by atoms with E-state index >= 15 is 0 Å². The average molecular weight is 391 g/mol. The molecular formula is C22H19BrN2. The van der Waals surface area contributed by atoms with E-state index in [1.807, 2.05) is 72.8 Å². The molecule has 0 aliphatic carbocycles. The standard InChI is InChI=1S/C22H19BrN2/c1-16-12-14-19(15-13-16)25-22(18-10-6-3-7-11-18)20(23)21(24)17-8-4-2-5-9-17/h2-15H,24H2,1H3/b21-20-,25-22?. The SMILES string of the molecule is Cc1ccc(N=C(/C(Br)=C(/N)c2ccccc2)c2ccccc2)cc1. The zero-order valence-electron chi connectivity index (χ0n) is 14.0. The van der Waals surface area contributed by atoms with Crippen LogP contribution in [0, 0.1) is 6.92 Å². The molecular weight excluding hydrogens is 372 g/mol. The molecule has 2 N–H and O–H groups in total. The monoisotopic (exact) mass is 390 g/mol. The third-order valence-electron chi connectivity index (χ3n) is 3.85. The Morgan fingerprint density at radius 1 is 0.760 bits per heavy atom. The van der Waals surface area contributed by atoms with Crippen LogP contribution in [0.1, 0.15) is 16.7 Å². The molecule has 0 aromatic heterocycles. The Hall–Kier alpha value is -2.65. The van der Waals surface area contributed by atoms with Crippen LogP contribution in [0.15, 0.2) is 94.4 Å². The van der Waals surface area contributed by atoms with E-state index in [-0.39, 0.29) is 0 Å². The summed E-state index contributed by atoms with van der Waals surface area (Å²) in [6.07, 6.45) is 0. The predicted molar refractivity (Wildman–Crippen MR) is 110 cm³/mol. The number of hydrogen-bond donors (Lipinski definition) is 1. The first-order chi connectivity index (χ1) is 12.1. The van der Waals surface area contributed by atoms with Crippen molar-refractivity contribution in [3.63, 3.8) is 0 Å². The molecule has 0 aliphatic rings. The summed E-state index contributed by atoms with van der Waals surface area (Å²) in [5, 5.41) is 0. The molecule has 0 unspecified atom stereocenters. The van der Waals surface area contributed by atoms with E-state index in [2.05, 4.69) is 35.0 Å². The molecule has 3 heteroatoms. The van der Waals surface area contributed by atoms with E-state index in [0.717, 1.165) is 27.0 Å². The molecule has 124 valence electrons. The van der Waals surface area contributed by atoms with Gasteiger partial charge in [0.1, 0.15) is 0 Å². The van der Waals surface area contributed by atoms with E-state index < -0.39 is 0 Å². The van der Waals surface area contributed by atoms with Crippen molar-refractivity contribution in [2.45, 2.75) is 6.92 Å². The van der Waals surface area contributed by atoms with Gasteiger partial charge in [-0.25, -0.2) is 4.99 Å². The van der Waals surface area contributed by atoms with Gasteiger partial charge in [-0.3, -0.25) is 0 Å². The van der Waals surface area contributed by atoms with Gasteiger partial charge in [0, 0.05) is 5.56 Å². The third kappa shape index (κ3) is 4.25. The first kappa shape index (κ1) is 17.2. The quantitative estimate of drug-likeness (QED) is 0.558. The van der Waals surface area contributed by atoms with Crippen LogP contribution in [-0.2, 0) is 0 Å². The summed E-state index contributed by atoms with van der Waals surface area (Å²) in [6.45, 7) is 2.06. The molecule has 3 rings (SSSR count). The molecule has 3 aromatic rings. The van der Waals surface area contributed by atoms with Crippen molar-refractivity contribution < 1.29 is 0 Å². The normalized spacial score (nSPS) is 12.6. The maximum atomic E-state index is 6.41. The Morgan fingerprint density at radius 2 is 1.28 bits per heavy atom. The highest BCUT2D eigenvalue weighted by atomic mass is 79.9. The predicted octanol–water partition coefficient (Wildman–Crippen LogP) is 5.84. The number of allylic oxidation sites excluding steroid dienone is 1. The van der Waals surface area contributed by atoms with Crippen LogP contribution in [0.25, 0.3) is 5.70 Å². The number of nitrogens with zero attached hydrogens (tertiary/aromatic N) is 1. The van der Waals surface area contributed by atoms with Gasteiger partial charge in [0.15, 0.2) is 0 Å². The van der Waals surface area contributed by atoms with Crippen LogP contribution in [0.4, 0.5) is 5.69 Å². The lowest BCUT2D eigenvalue weighted by atomic mass is 10.1. The van der Waals surface area contributed by atoms with Crippen molar-refractivity contribution in [1.29, 1.82) is 0 Å². The summed E-state index contributed by atoms with van der Waals surface area (Å²) in [6, 6.07) is 28.1. The lowest BCUT2D eigenvalue weighted by Gasteiger charge is -2.11. The van der Waals surface area contributed by atoms with E-state index in [4.69, 9.17) is 10.7 Å². The van der Waals surface area contributed by atoms with Crippen molar-refractivity contribution >= 4 is 33.0 Å². The van der Waals surface area contributed by atoms with Crippen molar-refractivity contribution in [3.05, 3.63) is 106 Å². The number of aliphatic imine (C=N–C) groups is 1. The van der Waals surface area contributed by atoms with Crippen LogP contribution in [-0.4, -0.2) is 5.71 Å². The molecule has 2 nitrogen and oxygen atoms in total. The topological polar surface area (TPSA) is 38.4 Å². The van der Waals surface area contributed by atoms with Gasteiger partial charge in [0.05, 0.1) is 21.6 Å². The minimum atomic E-state index is 0.662. The molecule has 3 aromatic carbocycles. The van der Waals surface area contributed by atoms with Crippen LogP contribution < -0.4 is 5.73 Å². The van der Waals surface area contributed by atoms with Crippen LogP contribution in [0.5, 0.6) is 0 Å². The molecule has 0 fully saturated rings. The molecule has 25 heavy (non-hydrogen) atoms. The Labute approximate surface area is 156 Å². The second-order valence-corrected chi connectivity index (χ2v) is 6.55. The van der Waals surface area contributed by atoms with Gasteiger partial charge in [-0.15, -0.1) is 0 Å². The summed E-state index contributed by atoms with van der Waals surface area (Å²) < 4.78 is 0.783. The molecule has 0 atom stereocenters. The molecule has 0 spiro atoms. The van der Waals surface area contributed by atoms with Gasteiger partial charge in [-0.1, -0.05) is 78.4 Å². The van der Waals surface area contributed by atoms with Gasteiger partial charge in [0.2, 0.25) is 0 Å². The van der Waals surface area contributed by atoms with E-state index in [9.17, 15) is 0 Å². The minimum Gasteiger partial charge on any atom is -0.397 e. The lowest BCUT2D eigenvalue weighted by molar-refractivity contribution is 1.43. The van der Waals surface area contributed by atoms with Gasteiger partial charge in [-0.05, 0) is 40.5 Å². The van der Waals surface area contributed by atoms with E-state index in [0.29, 0.717) is 5.70 Å². The minimum absolute atomic E-state index is 0.662. The maximum Gasteiger partial charge on any atom is 0.0872 e. The second-order valence-electron chi connectivity index (χ2n) is 5.76. The zero-order chi connectivity index (χ0) is 17.6. The largest absolute Gasteiger partial charge is 0.397 e. The van der Waals surface area contributed by atoms with Gasteiger partial charge in [-0.2, -0.15) is 0 Å². The lowest BCUT2D eigenvalue weighted by Crippen LogP contribution is -2.08. The molecule has 0 saturated heterocycles. The zero-order valence-corrected chi connectivity index (χ0v) is 15.6. The van der Waals surface area contributed by atoms with E-state index in [1.165, 1.54) is 5.56 Å². The molecule has 0 saturated carbocycles. The van der Waals surface area contributed by atoms with Gasteiger partial charge >= 0.3 is 0 Å². The Balaban J connectivity index is 2.13. The Kier molecular flexibility index (Phi) is 5.46. The summed E-state index contributed by atoms with van der Waals surface area (Å²) in [5.41, 5.74) is 11.9. The first-order valence-electron chi connectivity index (χ1n) is 8.07. The Morgan fingerprint density at radius 3 is 1.84 bits per heavy atom. The van der Waals surface area contributed by atoms with Crippen LogP contribution >= 0.6 is 15.9 Å². The average Bonchev–Trinajstić information content (AvgIpc) is 2.68. The number of halogens is 1. The summed E-state index contributed by atoms with van der Waals surface area (Å²) >= 11 is 3.68. The number of nitrogens with two attached hydrogens (primary N) is 1. The fourth-order valence-electron chi connectivity index (χ4n) is 2.46. The third-order valence-corrected chi connectivity index (χ3v) is 4.65. The first-order valence-corrected chi connectivity index (χ1v) is 8.86. The highest BCUT2D eigenvalue weighted by Gasteiger charge is 2.13. The highest BCUT2D eigenvalue weighted by molar-refractivity contribution is 9.12. The number of benzene rings is 3. The number of hydrogen-bond acceptors (Lipinski definition) is 2. The molecule has 0 aliphatic heterocycles. The molecule has 0 heterocycles. The smallest absolute Gasteiger partial charge is 0.0872 e. The summed E-state index contributed by atoms with van der Waals surface area (Å²) in [5.74, 6) is 0. The fourth-order valence-corrected chi connectivity index (χ4v) is 3.00. The molecule has 0 amide bonds. The highest BCUT2D eigenvalue weighted by Crippen LogP contribution is 2.26. The Bertz CT molecular complexity index is 896. The van der Waals surface area contributed by atoms with Crippen molar-refractivity contribution in [2.24, 2.45) is 10.7 Å². The van der Waals surface area contributed by atoms with Gasteiger partial charge < -0.3 is 5.73 Å². The second kappa shape index (κ2) is 7.95. The van der Waals surface area contributed by atoms with Crippen molar-refractivity contribution in [1.82, 2.24) is 0 Å². The molecule has 0 bridgehead atoms.